The van der Waals surface area contributed by atoms with Gasteiger partial charge in [0.1, 0.15) is 0 Å². The molecule has 2 aliphatic rings. The lowest BCUT2D eigenvalue weighted by Gasteiger charge is -2.20. The van der Waals surface area contributed by atoms with E-state index >= 15 is 0 Å². The number of nitrogens with one attached hydrogen (secondary N) is 2. The van der Waals surface area contributed by atoms with Gasteiger partial charge in [0, 0.05) is 36.9 Å². The summed E-state index contributed by atoms with van der Waals surface area (Å²) in [6.07, 6.45) is 7.22. The van der Waals surface area contributed by atoms with Crippen molar-refractivity contribution in [2.45, 2.75) is 44.6 Å². The van der Waals surface area contributed by atoms with E-state index in [2.05, 4.69) is 15.5 Å². The molecule has 0 spiro atoms. The van der Waals surface area contributed by atoms with Gasteiger partial charge in [-0.1, -0.05) is 12.8 Å². The number of H-pyrrole nitrogens is 1. The van der Waals surface area contributed by atoms with Gasteiger partial charge in [0.25, 0.3) is 0 Å². The van der Waals surface area contributed by atoms with Crippen molar-refractivity contribution < 1.29 is 9.59 Å². The van der Waals surface area contributed by atoms with Crippen LogP contribution in [0, 0.1) is 5.92 Å². The second kappa shape index (κ2) is 6.28. The first kappa shape index (κ1) is 14.1. The maximum Gasteiger partial charge on any atom is 0.226 e. The molecule has 0 bridgehead atoms. The van der Waals surface area contributed by atoms with Crippen molar-refractivity contribution >= 4 is 11.8 Å². The second-order valence-corrected chi connectivity index (χ2v) is 6.08. The first-order valence-electron chi connectivity index (χ1n) is 7.79. The van der Waals surface area contributed by atoms with Crippen LogP contribution in [0.15, 0.2) is 12.3 Å². The quantitative estimate of drug-likeness (QED) is 0.863. The highest BCUT2D eigenvalue weighted by molar-refractivity contribution is 5.80. The third-order valence-corrected chi connectivity index (χ3v) is 4.48. The molecular formula is C15H22N4O2. The van der Waals surface area contributed by atoms with Crippen molar-refractivity contribution in [1.29, 1.82) is 0 Å². The first-order valence-corrected chi connectivity index (χ1v) is 7.79. The molecule has 2 amide bonds. The molecule has 2 fully saturated rings. The Balaban J connectivity index is 1.45. The summed E-state index contributed by atoms with van der Waals surface area (Å²) in [5.74, 6) is 0.502. The molecule has 1 aromatic heterocycles. The molecule has 1 saturated carbocycles. The number of rotatable bonds is 4. The maximum absolute atomic E-state index is 12.3. The summed E-state index contributed by atoms with van der Waals surface area (Å²) in [6, 6.07) is 1.88. The summed E-state index contributed by atoms with van der Waals surface area (Å²) in [5, 5.41) is 9.62. The van der Waals surface area contributed by atoms with Crippen LogP contribution in [-0.4, -0.2) is 46.0 Å². The van der Waals surface area contributed by atoms with Gasteiger partial charge in [-0.2, -0.15) is 5.10 Å². The first-order chi connectivity index (χ1) is 10.2. The minimum atomic E-state index is -0.0144. The topological polar surface area (TPSA) is 78.1 Å². The van der Waals surface area contributed by atoms with Gasteiger partial charge in [0.2, 0.25) is 11.8 Å². The number of hydrogen-bond acceptors (Lipinski definition) is 3. The van der Waals surface area contributed by atoms with Crippen LogP contribution in [-0.2, 0) is 16.0 Å². The summed E-state index contributed by atoms with van der Waals surface area (Å²) < 4.78 is 0. The fourth-order valence-corrected chi connectivity index (χ4v) is 3.34. The number of hydrogen-bond donors (Lipinski definition) is 2. The van der Waals surface area contributed by atoms with Crippen molar-refractivity contribution in [3.63, 3.8) is 0 Å². The minimum Gasteiger partial charge on any atom is -0.351 e. The molecule has 21 heavy (non-hydrogen) atoms. The fourth-order valence-electron chi connectivity index (χ4n) is 3.34. The van der Waals surface area contributed by atoms with Gasteiger partial charge in [0.05, 0.1) is 6.42 Å². The van der Waals surface area contributed by atoms with Crippen molar-refractivity contribution in [3.8, 4) is 0 Å². The summed E-state index contributed by atoms with van der Waals surface area (Å²) in [6.45, 7) is 1.42. The third kappa shape index (κ3) is 3.43. The average Bonchev–Trinajstić information content (AvgIpc) is 3.20. The average molecular weight is 290 g/mol. The monoisotopic (exact) mass is 290 g/mol. The zero-order chi connectivity index (χ0) is 14.7. The predicted molar refractivity (Wildman–Crippen MR) is 77.4 cm³/mol. The molecule has 0 unspecified atom stereocenters. The van der Waals surface area contributed by atoms with E-state index in [1.165, 1.54) is 12.8 Å². The van der Waals surface area contributed by atoms with Crippen LogP contribution < -0.4 is 5.32 Å². The number of aromatic amines is 1. The number of aromatic nitrogens is 2. The number of carbonyl (C=O) groups excluding carboxylic acids is 2. The van der Waals surface area contributed by atoms with E-state index < -0.39 is 0 Å². The second-order valence-electron chi connectivity index (χ2n) is 6.08. The van der Waals surface area contributed by atoms with Gasteiger partial charge in [-0.05, 0) is 25.3 Å². The molecule has 1 saturated heterocycles. The van der Waals surface area contributed by atoms with Gasteiger partial charge in [-0.25, -0.2) is 0 Å². The minimum absolute atomic E-state index is 0.0144. The Bertz CT molecular complexity index is 494. The Kier molecular flexibility index (Phi) is 4.22. The van der Waals surface area contributed by atoms with Crippen molar-refractivity contribution in [2.24, 2.45) is 5.92 Å². The van der Waals surface area contributed by atoms with Gasteiger partial charge < -0.3 is 10.2 Å². The predicted octanol–water partition coefficient (Wildman–Crippen LogP) is 0.859. The molecular weight excluding hydrogens is 268 g/mol. The van der Waals surface area contributed by atoms with Crippen molar-refractivity contribution in [3.05, 3.63) is 18.0 Å². The molecule has 2 N–H and O–H groups in total. The van der Waals surface area contributed by atoms with Gasteiger partial charge >= 0.3 is 0 Å². The van der Waals surface area contributed by atoms with Gasteiger partial charge in [-0.3, -0.25) is 14.7 Å². The fraction of sp³-hybridized carbons (Fsp3) is 0.667. The smallest absolute Gasteiger partial charge is 0.226 e. The largest absolute Gasteiger partial charge is 0.351 e. The van der Waals surface area contributed by atoms with E-state index in [0.29, 0.717) is 13.0 Å². The molecule has 6 heteroatoms. The molecule has 2 heterocycles. The molecule has 1 aromatic rings. The Hall–Kier alpha value is -1.85. The summed E-state index contributed by atoms with van der Waals surface area (Å²) in [4.78, 5) is 26.2. The van der Waals surface area contributed by atoms with Crippen LogP contribution in [0.1, 0.15) is 37.8 Å². The highest BCUT2D eigenvalue weighted by atomic mass is 16.2. The van der Waals surface area contributed by atoms with Crippen LogP contribution in [0.5, 0.6) is 0 Å². The standard InChI is InChI=1S/C15H22N4O2/c20-14(9-12-5-7-16-18-12)17-13-6-8-19(10-13)15(21)11-3-1-2-4-11/h5,7,11,13H,1-4,6,8-10H2,(H,16,18)(H,17,20)/t13-/m1/s1. The number of carbonyl (C=O) groups is 2. The Morgan fingerprint density at radius 3 is 2.86 bits per heavy atom. The molecule has 3 rings (SSSR count). The molecule has 6 nitrogen and oxygen atoms in total. The van der Waals surface area contributed by atoms with E-state index in [1.54, 1.807) is 12.3 Å². The highest BCUT2D eigenvalue weighted by Crippen LogP contribution is 2.27. The molecule has 1 atom stereocenters. The van der Waals surface area contributed by atoms with E-state index in [0.717, 1.165) is 31.5 Å². The molecule has 114 valence electrons. The normalized spacial score (nSPS) is 22.7. The summed E-state index contributed by atoms with van der Waals surface area (Å²) in [7, 11) is 0. The van der Waals surface area contributed by atoms with Crippen LogP contribution in [0.2, 0.25) is 0 Å². The molecule has 0 aromatic carbocycles. The number of likely N-dealkylation sites (tertiary alicyclic amines) is 1. The van der Waals surface area contributed by atoms with E-state index in [-0.39, 0.29) is 23.8 Å². The van der Waals surface area contributed by atoms with Crippen LogP contribution >= 0.6 is 0 Å². The van der Waals surface area contributed by atoms with Gasteiger partial charge in [0.15, 0.2) is 0 Å². The lowest BCUT2D eigenvalue weighted by atomic mass is 10.1. The van der Waals surface area contributed by atoms with E-state index in [4.69, 9.17) is 0 Å². The molecule has 1 aliphatic heterocycles. The van der Waals surface area contributed by atoms with E-state index in [9.17, 15) is 9.59 Å². The Morgan fingerprint density at radius 1 is 1.33 bits per heavy atom. The molecule has 0 radical (unpaired) electrons. The van der Waals surface area contributed by atoms with Crippen LogP contribution in [0.3, 0.4) is 0 Å². The lowest BCUT2D eigenvalue weighted by Crippen LogP contribution is -2.40. The SMILES string of the molecule is O=C(Cc1ccn[nH]1)N[C@@H]1CCN(C(=O)C2CCCC2)C1. The number of amides is 2. The summed E-state index contributed by atoms with van der Waals surface area (Å²) in [5.41, 5.74) is 0.810. The van der Waals surface area contributed by atoms with Crippen molar-refractivity contribution in [1.82, 2.24) is 20.4 Å². The Labute approximate surface area is 124 Å². The van der Waals surface area contributed by atoms with Crippen molar-refractivity contribution in [2.75, 3.05) is 13.1 Å². The van der Waals surface area contributed by atoms with Crippen LogP contribution in [0.4, 0.5) is 0 Å². The Morgan fingerprint density at radius 2 is 2.14 bits per heavy atom. The zero-order valence-electron chi connectivity index (χ0n) is 12.2. The third-order valence-electron chi connectivity index (χ3n) is 4.48. The summed E-state index contributed by atoms with van der Waals surface area (Å²) >= 11 is 0. The number of nitrogens with zero attached hydrogens (tertiary/aromatic N) is 2. The van der Waals surface area contributed by atoms with Crippen LogP contribution in [0.25, 0.3) is 0 Å². The maximum atomic E-state index is 12.3. The van der Waals surface area contributed by atoms with E-state index in [1.807, 2.05) is 4.90 Å². The molecule has 1 aliphatic carbocycles. The lowest BCUT2D eigenvalue weighted by molar-refractivity contribution is -0.134. The zero-order valence-corrected chi connectivity index (χ0v) is 12.2. The van der Waals surface area contributed by atoms with Gasteiger partial charge in [-0.15, -0.1) is 0 Å². The highest BCUT2D eigenvalue weighted by Gasteiger charge is 2.32.